The number of carbonyl (C=O) groups is 2. The first kappa shape index (κ1) is 31.5. The molecule has 3 aromatic carbocycles. The summed E-state index contributed by atoms with van der Waals surface area (Å²) < 4.78 is 37.7. The lowest BCUT2D eigenvalue weighted by atomic mass is 10.0. The number of carbonyl (C=O) groups excluding carboxylic acids is 2. The summed E-state index contributed by atoms with van der Waals surface area (Å²) in [6, 6.07) is 20.9. The Morgan fingerprint density at radius 2 is 1.59 bits per heavy atom. The third-order valence-electron chi connectivity index (χ3n) is 6.76. The molecule has 220 valence electrons. The second kappa shape index (κ2) is 14.5. The van der Waals surface area contributed by atoms with Gasteiger partial charge in [0.15, 0.2) is 11.5 Å². The molecule has 0 heterocycles. The number of nitrogens with one attached hydrogen (secondary N) is 1. The van der Waals surface area contributed by atoms with Crippen molar-refractivity contribution in [2.24, 2.45) is 0 Å². The van der Waals surface area contributed by atoms with Crippen molar-refractivity contribution in [1.82, 2.24) is 10.2 Å². The van der Waals surface area contributed by atoms with Gasteiger partial charge in [0.05, 0.1) is 26.2 Å². The molecule has 0 unspecified atom stereocenters. The van der Waals surface area contributed by atoms with E-state index in [1.807, 2.05) is 68.4 Å². The largest absolute Gasteiger partial charge is 0.493 e. The number of ether oxygens (including phenoxy) is 2. The molecule has 0 aliphatic rings. The second-order valence-corrected chi connectivity index (χ2v) is 11.7. The first-order chi connectivity index (χ1) is 19.6. The minimum Gasteiger partial charge on any atom is -0.493 e. The van der Waals surface area contributed by atoms with Crippen molar-refractivity contribution < 1.29 is 27.5 Å². The van der Waals surface area contributed by atoms with Crippen LogP contribution in [-0.2, 0) is 32.6 Å². The molecule has 9 nitrogen and oxygen atoms in total. The Morgan fingerprint density at radius 1 is 0.927 bits per heavy atom. The van der Waals surface area contributed by atoms with Crippen LogP contribution in [0, 0.1) is 6.92 Å². The summed E-state index contributed by atoms with van der Waals surface area (Å²) in [5.41, 5.74) is 2.94. The lowest BCUT2D eigenvalue weighted by Gasteiger charge is -2.34. The van der Waals surface area contributed by atoms with Crippen LogP contribution in [0.25, 0.3) is 0 Å². The lowest BCUT2D eigenvalue weighted by molar-refractivity contribution is -0.140. The number of anilines is 1. The van der Waals surface area contributed by atoms with Crippen molar-refractivity contribution >= 4 is 27.5 Å². The number of hydrogen-bond donors (Lipinski definition) is 1. The first-order valence-corrected chi connectivity index (χ1v) is 15.3. The van der Waals surface area contributed by atoms with Gasteiger partial charge in [-0.25, -0.2) is 8.42 Å². The summed E-state index contributed by atoms with van der Waals surface area (Å²) in [5, 5.41) is 2.94. The normalized spacial score (nSPS) is 11.8. The van der Waals surface area contributed by atoms with Gasteiger partial charge in [0.25, 0.3) is 0 Å². The van der Waals surface area contributed by atoms with Crippen LogP contribution in [0.15, 0.2) is 72.8 Å². The summed E-state index contributed by atoms with van der Waals surface area (Å²) >= 11 is 0. The molecule has 0 aliphatic carbocycles. The number of rotatable bonds is 14. The summed E-state index contributed by atoms with van der Waals surface area (Å²) in [4.78, 5) is 29.2. The van der Waals surface area contributed by atoms with Gasteiger partial charge >= 0.3 is 0 Å². The molecular weight excluding hydrogens is 542 g/mol. The van der Waals surface area contributed by atoms with Crippen LogP contribution in [0.5, 0.6) is 11.5 Å². The summed E-state index contributed by atoms with van der Waals surface area (Å²) in [5.74, 6) is -0.0628. The number of aryl methyl sites for hydroxylation is 1. The number of amides is 2. The molecule has 2 amide bonds. The van der Waals surface area contributed by atoms with E-state index in [1.165, 1.54) is 25.2 Å². The highest BCUT2D eigenvalue weighted by atomic mass is 32.2. The summed E-state index contributed by atoms with van der Waals surface area (Å²) in [6.07, 6.45) is 2.04. The van der Waals surface area contributed by atoms with E-state index in [2.05, 4.69) is 5.32 Å². The molecule has 0 radical (unpaired) electrons. The van der Waals surface area contributed by atoms with Crippen LogP contribution in [0.2, 0.25) is 0 Å². The molecule has 1 atom stereocenters. The Morgan fingerprint density at radius 3 is 2.20 bits per heavy atom. The first-order valence-electron chi connectivity index (χ1n) is 13.4. The zero-order chi connectivity index (χ0) is 30.0. The highest BCUT2D eigenvalue weighted by molar-refractivity contribution is 7.92. The average Bonchev–Trinajstić information content (AvgIpc) is 2.96. The van der Waals surface area contributed by atoms with Gasteiger partial charge in [-0.2, -0.15) is 0 Å². The monoisotopic (exact) mass is 581 g/mol. The number of hydrogen-bond acceptors (Lipinski definition) is 6. The van der Waals surface area contributed by atoms with E-state index in [1.54, 1.807) is 12.1 Å². The molecule has 0 fully saturated rings. The minimum absolute atomic E-state index is 0.131. The molecule has 3 rings (SSSR count). The second-order valence-electron chi connectivity index (χ2n) is 9.75. The van der Waals surface area contributed by atoms with Crippen molar-refractivity contribution in [3.05, 3.63) is 89.5 Å². The Labute approximate surface area is 243 Å². The fourth-order valence-corrected chi connectivity index (χ4v) is 5.33. The molecule has 0 spiro atoms. The maximum Gasteiger partial charge on any atom is 0.244 e. The van der Waals surface area contributed by atoms with E-state index in [9.17, 15) is 18.0 Å². The molecule has 0 aliphatic heterocycles. The summed E-state index contributed by atoms with van der Waals surface area (Å²) in [7, 11) is -0.972. The van der Waals surface area contributed by atoms with Crippen molar-refractivity contribution in [3.63, 3.8) is 0 Å². The third kappa shape index (κ3) is 8.47. The van der Waals surface area contributed by atoms with Gasteiger partial charge in [-0.15, -0.1) is 0 Å². The molecule has 1 N–H and O–H groups in total. The number of methoxy groups -OCH3 is 2. The number of nitrogens with zero attached hydrogens (tertiary/aromatic N) is 2. The fourth-order valence-electron chi connectivity index (χ4n) is 4.48. The van der Waals surface area contributed by atoms with Gasteiger partial charge in [-0.1, -0.05) is 61.5 Å². The Bertz CT molecular complexity index is 1430. The van der Waals surface area contributed by atoms with Crippen LogP contribution in [0.1, 0.15) is 30.0 Å². The lowest BCUT2D eigenvalue weighted by Crippen LogP contribution is -2.53. The highest BCUT2D eigenvalue weighted by Gasteiger charge is 2.33. The predicted molar refractivity (Wildman–Crippen MR) is 161 cm³/mol. The van der Waals surface area contributed by atoms with E-state index in [0.717, 1.165) is 33.7 Å². The van der Waals surface area contributed by atoms with Gasteiger partial charge in [-0.3, -0.25) is 13.9 Å². The summed E-state index contributed by atoms with van der Waals surface area (Å²) in [6.45, 7) is 3.97. The van der Waals surface area contributed by atoms with Crippen LogP contribution >= 0.6 is 0 Å². The molecule has 10 heteroatoms. The van der Waals surface area contributed by atoms with E-state index in [4.69, 9.17) is 9.47 Å². The van der Waals surface area contributed by atoms with Gasteiger partial charge in [0.2, 0.25) is 21.8 Å². The third-order valence-corrected chi connectivity index (χ3v) is 7.90. The number of sulfonamides is 1. The maximum absolute atomic E-state index is 14.2. The molecule has 0 aromatic heterocycles. The smallest absolute Gasteiger partial charge is 0.244 e. The van der Waals surface area contributed by atoms with E-state index >= 15 is 0 Å². The topological polar surface area (TPSA) is 105 Å². The van der Waals surface area contributed by atoms with Crippen molar-refractivity contribution in [1.29, 1.82) is 0 Å². The predicted octanol–water partition coefficient (Wildman–Crippen LogP) is 3.94. The molecule has 41 heavy (non-hydrogen) atoms. The highest BCUT2D eigenvalue weighted by Crippen LogP contribution is 2.32. The molecule has 0 bridgehead atoms. The number of benzene rings is 3. The van der Waals surface area contributed by atoms with E-state index in [0.29, 0.717) is 18.0 Å². The van der Waals surface area contributed by atoms with Gasteiger partial charge < -0.3 is 19.7 Å². The Balaban J connectivity index is 2.07. The van der Waals surface area contributed by atoms with Crippen LogP contribution < -0.4 is 19.1 Å². The standard InChI is InChI=1S/C31H39N3O6S/c1-6-18-32-31(36)27(19-24-13-8-7-9-14-24)33(21-25-15-11-10-12-23(25)2)30(35)22-34(41(5,37)38)26-16-17-28(39-3)29(20-26)40-4/h7-17,20,27H,6,18-19,21-22H2,1-5H3,(H,32,36)/t27-/m0/s1. The van der Waals surface area contributed by atoms with E-state index in [-0.39, 0.29) is 24.6 Å². The Hall–Kier alpha value is -4.05. The zero-order valence-corrected chi connectivity index (χ0v) is 25.1. The fraction of sp³-hybridized carbons (Fsp3) is 0.355. The Kier molecular flexibility index (Phi) is 11.2. The molecule has 0 saturated heterocycles. The van der Waals surface area contributed by atoms with Crippen LogP contribution in [-0.4, -0.2) is 64.7 Å². The maximum atomic E-state index is 14.2. The van der Waals surface area contributed by atoms with Crippen LogP contribution in [0.4, 0.5) is 5.69 Å². The van der Waals surface area contributed by atoms with Crippen molar-refractivity contribution in [2.75, 3.05) is 37.9 Å². The van der Waals surface area contributed by atoms with Gasteiger partial charge in [-0.05, 0) is 42.2 Å². The zero-order valence-electron chi connectivity index (χ0n) is 24.3. The quantitative estimate of drug-likeness (QED) is 0.309. The SMILES string of the molecule is CCCNC(=O)[C@H](Cc1ccccc1)N(Cc1ccccc1C)C(=O)CN(c1ccc(OC)c(OC)c1)S(C)(=O)=O. The van der Waals surface area contributed by atoms with Crippen molar-refractivity contribution in [3.8, 4) is 11.5 Å². The average molecular weight is 582 g/mol. The molecular formula is C31H39N3O6S. The van der Waals surface area contributed by atoms with Crippen molar-refractivity contribution in [2.45, 2.75) is 39.3 Å². The molecule has 0 saturated carbocycles. The van der Waals surface area contributed by atoms with Crippen LogP contribution in [0.3, 0.4) is 0 Å². The van der Waals surface area contributed by atoms with Gasteiger partial charge in [0.1, 0.15) is 12.6 Å². The van der Waals surface area contributed by atoms with E-state index < -0.39 is 28.5 Å². The minimum atomic E-state index is -3.90. The van der Waals surface area contributed by atoms with Gasteiger partial charge in [0, 0.05) is 25.6 Å². The molecule has 3 aromatic rings.